The maximum atomic E-state index is 5.12. The van der Waals surface area contributed by atoms with E-state index in [0.717, 1.165) is 30.9 Å². The number of ether oxygens (including phenoxy) is 1. The van der Waals surface area contributed by atoms with Gasteiger partial charge in [-0.05, 0) is 44.2 Å². The second kappa shape index (κ2) is 6.44. The molecule has 0 spiro atoms. The first kappa shape index (κ1) is 14.4. The van der Waals surface area contributed by atoms with E-state index in [0.29, 0.717) is 18.6 Å². The highest BCUT2D eigenvalue weighted by atomic mass is 16.5. The Kier molecular flexibility index (Phi) is 4.88. The zero-order valence-electron chi connectivity index (χ0n) is 12.5. The van der Waals surface area contributed by atoms with Gasteiger partial charge < -0.3 is 10.1 Å². The summed E-state index contributed by atoms with van der Waals surface area (Å²) in [6, 6.07) is 0.558. The first-order valence-corrected chi connectivity index (χ1v) is 7.17. The summed E-state index contributed by atoms with van der Waals surface area (Å²) in [6.45, 7) is 8.09. The summed E-state index contributed by atoms with van der Waals surface area (Å²) >= 11 is 0. The second-order valence-electron chi connectivity index (χ2n) is 5.76. The fourth-order valence-corrected chi connectivity index (χ4v) is 2.69. The standard InChI is InChI=1S/C15H25N3O/c1-10(2)16-8-12-5-6-14-13(7-12)11(3)17-15(18-14)9-19-4/h10,12,16H,5-9H2,1-4H3. The quantitative estimate of drug-likeness (QED) is 0.883. The molecule has 1 aliphatic carbocycles. The molecule has 1 unspecified atom stereocenters. The fourth-order valence-electron chi connectivity index (χ4n) is 2.69. The molecule has 4 nitrogen and oxygen atoms in total. The normalized spacial score (nSPS) is 18.7. The minimum Gasteiger partial charge on any atom is -0.377 e. The van der Waals surface area contributed by atoms with Crippen molar-refractivity contribution >= 4 is 0 Å². The molecule has 19 heavy (non-hydrogen) atoms. The summed E-state index contributed by atoms with van der Waals surface area (Å²) in [7, 11) is 1.69. The van der Waals surface area contributed by atoms with Crippen LogP contribution in [0.3, 0.4) is 0 Å². The predicted molar refractivity (Wildman–Crippen MR) is 76.1 cm³/mol. The molecule has 4 heteroatoms. The monoisotopic (exact) mass is 263 g/mol. The first-order valence-electron chi connectivity index (χ1n) is 7.17. The summed E-state index contributed by atoms with van der Waals surface area (Å²) in [6.07, 6.45) is 3.39. The minimum absolute atomic E-state index is 0.506. The Bertz CT molecular complexity index is 432. The molecule has 0 saturated carbocycles. The van der Waals surface area contributed by atoms with Gasteiger partial charge in [-0.1, -0.05) is 13.8 Å². The minimum atomic E-state index is 0.506. The lowest BCUT2D eigenvalue weighted by Crippen LogP contribution is -2.32. The number of fused-ring (bicyclic) bond motifs is 1. The zero-order valence-corrected chi connectivity index (χ0v) is 12.5. The summed E-state index contributed by atoms with van der Waals surface area (Å²) in [5, 5.41) is 3.54. The zero-order chi connectivity index (χ0) is 13.8. The number of aromatic nitrogens is 2. The molecule has 0 aliphatic heterocycles. The Labute approximate surface area is 116 Å². The molecule has 0 fully saturated rings. The molecule has 106 valence electrons. The van der Waals surface area contributed by atoms with Crippen LogP contribution >= 0.6 is 0 Å². The van der Waals surface area contributed by atoms with Gasteiger partial charge in [-0.2, -0.15) is 0 Å². The Morgan fingerprint density at radius 3 is 2.84 bits per heavy atom. The van der Waals surface area contributed by atoms with Crippen molar-refractivity contribution in [3.63, 3.8) is 0 Å². The van der Waals surface area contributed by atoms with E-state index >= 15 is 0 Å². The lowest BCUT2D eigenvalue weighted by molar-refractivity contribution is 0.177. The molecule has 1 aliphatic rings. The van der Waals surface area contributed by atoms with Gasteiger partial charge >= 0.3 is 0 Å². The van der Waals surface area contributed by atoms with Gasteiger partial charge in [0.2, 0.25) is 0 Å². The van der Waals surface area contributed by atoms with E-state index < -0.39 is 0 Å². The molecule has 1 heterocycles. The first-order chi connectivity index (χ1) is 9.10. The Morgan fingerprint density at radius 1 is 1.37 bits per heavy atom. The average Bonchev–Trinajstić information content (AvgIpc) is 2.37. The molecule has 1 atom stereocenters. The summed E-state index contributed by atoms with van der Waals surface area (Å²) in [5.41, 5.74) is 3.73. The molecule has 1 N–H and O–H groups in total. The molecule has 0 radical (unpaired) electrons. The molecule has 1 aromatic heterocycles. The smallest absolute Gasteiger partial charge is 0.154 e. The number of hydrogen-bond acceptors (Lipinski definition) is 4. The van der Waals surface area contributed by atoms with Crippen molar-refractivity contribution in [3.8, 4) is 0 Å². The van der Waals surface area contributed by atoms with Crippen molar-refractivity contribution in [2.45, 2.75) is 52.7 Å². The third-order valence-corrected chi connectivity index (χ3v) is 3.72. The summed E-state index contributed by atoms with van der Waals surface area (Å²) in [5.74, 6) is 1.53. The van der Waals surface area contributed by atoms with Crippen LogP contribution in [0.5, 0.6) is 0 Å². The molecule has 0 amide bonds. The van der Waals surface area contributed by atoms with Crippen molar-refractivity contribution in [1.29, 1.82) is 0 Å². The highest BCUT2D eigenvalue weighted by molar-refractivity contribution is 5.28. The van der Waals surface area contributed by atoms with Crippen molar-refractivity contribution in [2.24, 2.45) is 5.92 Å². The lowest BCUT2D eigenvalue weighted by Gasteiger charge is -2.26. The largest absolute Gasteiger partial charge is 0.377 e. The third-order valence-electron chi connectivity index (χ3n) is 3.72. The van der Waals surface area contributed by atoms with Crippen LogP contribution in [0.2, 0.25) is 0 Å². The topological polar surface area (TPSA) is 47.0 Å². The Balaban J connectivity index is 2.08. The Hall–Kier alpha value is -1.00. The van der Waals surface area contributed by atoms with Crippen LogP contribution in [0, 0.1) is 12.8 Å². The molecular weight excluding hydrogens is 238 g/mol. The molecule has 0 aromatic carbocycles. The van der Waals surface area contributed by atoms with Gasteiger partial charge in [0.1, 0.15) is 6.61 Å². The number of hydrogen-bond donors (Lipinski definition) is 1. The SMILES string of the molecule is COCc1nc(C)c2c(n1)CCC(CNC(C)C)C2. The van der Waals surface area contributed by atoms with Crippen LogP contribution < -0.4 is 5.32 Å². The molecule has 1 aromatic rings. The number of rotatable bonds is 5. The van der Waals surface area contributed by atoms with Gasteiger partial charge in [0, 0.05) is 24.5 Å². The van der Waals surface area contributed by atoms with E-state index in [-0.39, 0.29) is 0 Å². The predicted octanol–water partition coefficient (Wildman–Crippen LogP) is 2.03. The van der Waals surface area contributed by atoms with Gasteiger partial charge in [-0.25, -0.2) is 9.97 Å². The molecule has 0 bridgehead atoms. The van der Waals surface area contributed by atoms with E-state index in [1.54, 1.807) is 7.11 Å². The van der Waals surface area contributed by atoms with Crippen molar-refractivity contribution < 1.29 is 4.74 Å². The number of nitrogens with one attached hydrogen (secondary N) is 1. The summed E-state index contributed by atoms with van der Waals surface area (Å²) in [4.78, 5) is 9.19. The van der Waals surface area contributed by atoms with E-state index in [9.17, 15) is 0 Å². The number of aryl methyl sites for hydroxylation is 2. The average molecular weight is 263 g/mol. The van der Waals surface area contributed by atoms with Gasteiger partial charge in [-0.15, -0.1) is 0 Å². The Morgan fingerprint density at radius 2 is 2.16 bits per heavy atom. The van der Waals surface area contributed by atoms with Crippen LogP contribution in [-0.2, 0) is 24.2 Å². The van der Waals surface area contributed by atoms with Crippen molar-refractivity contribution in [1.82, 2.24) is 15.3 Å². The van der Waals surface area contributed by atoms with Crippen molar-refractivity contribution in [3.05, 3.63) is 22.8 Å². The molecule has 2 rings (SSSR count). The van der Waals surface area contributed by atoms with Gasteiger partial charge in [0.05, 0.1) is 0 Å². The third kappa shape index (κ3) is 3.74. The van der Waals surface area contributed by atoms with Crippen LogP contribution in [-0.4, -0.2) is 29.7 Å². The van der Waals surface area contributed by atoms with E-state index in [2.05, 4.69) is 36.1 Å². The summed E-state index contributed by atoms with van der Waals surface area (Å²) < 4.78 is 5.12. The van der Waals surface area contributed by atoms with Gasteiger partial charge in [0.25, 0.3) is 0 Å². The maximum absolute atomic E-state index is 5.12. The lowest BCUT2D eigenvalue weighted by atomic mass is 9.85. The van der Waals surface area contributed by atoms with E-state index in [1.807, 2.05) is 0 Å². The highest BCUT2D eigenvalue weighted by Crippen LogP contribution is 2.26. The van der Waals surface area contributed by atoms with Crippen LogP contribution in [0.1, 0.15) is 43.0 Å². The van der Waals surface area contributed by atoms with Crippen LogP contribution in [0.4, 0.5) is 0 Å². The van der Waals surface area contributed by atoms with Gasteiger partial charge in [-0.3, -0.25) is 0 Å². The number of nitrogens with zero attached hydrogens (tertiary/aromatic N) is 2. The van der Waals surface area contributed by atoms with Crippen LogP contribution in [0.25, 0.3) is 0 Å². The second-order valence-corrected chi connectivity index (χ2v) is 5.76. The van der Waals surface area contributed by atoms with Crippen molar-refractivity contribution in [2.75, 3.05) is 13.7 Å². The van der Waals surface area contributed by atoms with E-state index in [1.165, 1.54) is 17.7 Å². The highest BCUT2D eigenvalue weighted by Gasteiger charge is 2.22. The maximum Gasteiger partial charge on any atom is 0.154 e. The van der Waals surface area contributed by atoms with Gasteiger partial charge in [0.15, 0.2) is 5.82 Å². The fraction of sp³-hybridized carbons (Fsp3) is 0.733. The van der Waals surface area contributed by atoms with Crippen LogP contribution in [0.15, 0.2) is 0 Å². The molecule has 0 saturated heterocycles. The van der Waals surface area contributed by atoms with E-state index in [4.69, 9.17) is 4.74 Å². The molecular formula is C15H25N3O. The number of methoxy groups -OCH3 is 1.